The summed E-state index contributed by atoms with van der Waals surface area (Å²) >= 11 is 0. The number of urea groups is 1. The van der Waals surface area contributed by atoms with Gasteiger partial charge in [-0.05, 0) is 55.7 Å². The monoisotopic (exact) mass is 432 g/mol. The zero-order valence-electron chi connectivity index (χ0n) is 17.6. The van der Waals surface area contributed by atoms with Crippen LogP contribution in [0.1, 0.15) is 37.5 Å². The minimum Gasteiger partial charge on any atom is -0.339 e. The molecule has 1 aromatic carbocycles. The molecule has 0 atom stereocenters. The predicted octanol–water partition coefficient (Wildman–Crippen LogP) is 3.67. The van der Waals surface area contributed by atoms with E-state index in [4.69, 9.17) is 4.52 Å². The lowest BCUT2D eigenvalue weighted by Gasteiger charge is -2.30. The summed E-state index contributed by atoms with van der Waals surface area (Å²) in [5.74, 6) is 1.36. The summed E-state index contributed by atoms with van der Waals surface area (Å²) < 4.78 is 5.46. The van der Waals surface area contributed by atoms with E-state index >= 15 is 0 Å². The van der Waals surface area contributed by atoms with Crippen LogP contribution in [-0.4, -0.2) is 51.6 Å². The number of rotatable bonds is 4. The maximum absolute atomic E-state index is 12.7. The van der Waals surface area contributed by atoms with E-state index in [9.17, 15) is 9.59 Å². The first kappa shape index (κ1) is 20.2. The largest absolute Gasteiger partial charge is 0.339 e. The van der Waals surface area contributed by atoms with Crippen LogP contribution in [0.25, 0.3) is 11.5 Å². The molecule has 2 aliphatic rings. The molecule has 2 saturated heterocycles. The normalized spacial score (nSPS) is 17.1. The Morgan fingerprint density at radius 2 is 1.88 bits per heavy atom. The SMILES string of the molecule is O=C(Nc1ccc(N2CCCC2=O)cc1)N1CCC(c2nc(-c3ccccn3)no2)CC1. The first-order valence-corrected chi connectivity index (χ1v) is 10.9. The number of aromatic nitrogens is 3. The van der Waals surface area contributed by atoms with Crippen LogP contribution >= 0.6 is 0 Å². The van der Waals surface area contributed by atoms with Gasteiger partial charge in [0.15, 0.2) is 0 Å². The highest BCUT2D eigenvalue weighted by molar-refractivity contribution is 5.96. The molecule has 9 heteroatoms. The number of hydrogen-bond donors (Lipinski definition) is 1. The molecule has 2 fully saturated rings. The topological polar surface area (TPSA) is 104 Å². The molecule has 0 spiro atoms. The standard InChI is InChI=1S/C23H24N6O3/c30-20-5-3-13-29(20)18-8-6-17(7-9-18)25-23(31)28-14-10-16(11-15-28)22-26-21(27-32-22)19-4-1-2-12-24-19/h1-2,4,6-9,12,16H,3,5,10-11,13-15H2,(H,25,31). The van der Waals surface area contributed by atoms with Crippen molar-refractivity contribution in [2.24, 2.45) is 0 Å². The van der Waals surface area contributed by atoms with Crippen molar-refractivity contribution in [1.29, 1.82) is 0 Å². The quantitative estimate of drug-likeness (QED) is 0.675. The molecule has 2 aliphatic heterocycles. The van der Waals surface area contributed by atoms with Crippen LogP contribution in [0.3, 0.4) is 0 Å². The van der Waals surface area contributed by atoms with Crippen LogP contribution in [0.2, 0.25) is 0 Å². The van der Waals surface area contributed by atoms with Gasteiger partial charge in [0, 0.05) is 49.5 Å². The number of anilines is 2. The molecule has 0 bridgehead atoms. The molecule has 0 radical (unpaired) electrons. The third-order valence-electron chi connectivity index (χ3n) is 5.97. The summed E-state index contributed by atoms with van der Waals surface area (Å²) in [5.41, 5.74) is 2.26. The van der Waals surface area contributed by atoms with Gasteiger partial charge in [-0.25, -0.2) is 4.79 Å². The van der Waals surface area contributed by atoms with Crippen LogP contribution in [-0.2, 0) is 4.79 Å². The lowest BCUT2D eigenvalue weighted by Crippen LogP contribution is -2.40. The van der Waals surface area contributed by atoms with Gasteiger partial charge >= 0.3 is 6.03 Å². The van der Waals surface area contributed by atoms with Gasteiger partial charge in [-0.1, -0.05) is 11.2 Å². The van der Waals surface area contributed by atoms with Gasteiger partial charge in [-0.3, -0.25) is 9.78 Å². The summed E-state index contributed by atoms with van der Waals surface area (Å²) in [4.78, 5) is 36.9. The minimum atomic E-state index is -0.131. The molecular formula is C23H24N6O3. The van der Waals surface area contributed by atoms with Crippen molar-refractivity contribution in [3.05, 3.63) is 54.6 Å². The molecule has 0 unspecified atom stereocenters. The molecule has 0 aliphatic carbocycles. The van der Waals surface area contributed by atoms with E-state index in [1.807, 2.05) is 42.5 Å². The lowest BCUT2D eigenvalue weighted by atomic mass is 9.97. The Balaban J connectivity index is 1.15. The summed E-state index contributed by atoms with van der Waals surface area (Å²) in [7, 11) is 0. The fourth-order valence-corrected chi connectivity index (χ4v) is 4.18. The maximum Gasteiger partial charge on any atom is 0.321 e. The molecule has 32 heavy (non-hydrogen) atoms. The second kappa shape index (κ2) is 8.78. The van der Waals surface area contributed by atoms with Crippen LogP contribution in [0, 0.1) is 0 Å². The number of amides is 3. The van der Waals surface area contributed by atoms with Gasteiger partial charge in [0.2, 0.25) is 17.6 Å². The number of carbonyl (C=O) groups is 2. The van der Waals surface area contributed by atoms with Gasteiger partial charge in [0.25, 0.3) is 0 Å². The van der Waals surface area contributed by atoms with Gasteiger partial charge < -0.3 is 19.6 Å². The Bertz CT molecular complexity index is 1090. The van der Waals surface area contributed by atoms with E-state index in [0.717, 1.165) is 31.5 Å². The minimum absolute atomic E-state index is 0.126. The smallest absolute Gasteiger partial charge is 0.321 e. The van der Waals surface area contributed by atoms with Gasteiger partial charge in [0.05, 0.1) is 0 Å². The molecule has 5 rings (SSSR count). The maximum atomic E-state index is 12.7. The number of carbonyl (C=O) groups excluding carboxylic acids is 2. The molecule has 4 heterocycles. The second-order valence-corrected chi connectivity index (χ2v) is 8.06. The lowest BCUT2D eigenvalue weighted by molar-refractivity contribution is -0.117. The van der Waals surface area contributed by atoms with Gasteiger partial charge in [0.1, 0.15) is 5.69 Å². The van der Waals surface area contributed by atoms with Crippen LogP contribution < -0.4 is 10.2 Å². The zero-order chi connectivity index (χ0) is 21.9. The Morgan fingerprint density at radius 3 is 2.56 bits per heavy atom. The van der Waals surface area contributed by atoms with Gasteiger partial charge in [-0.2, -0.15) is 4.98 Å². The number of likely N-dealkylation sites (tertiary alicyclic amines) is 1. The molecular weight excluding hydrogens is 408 g/mol. The highest BCUT2D eigenvalue weighted by Gasteiger charge is 2.28. The Morgan fingerprint density at radius 1 is 1.06 bits per heavy atom. The van der Waals surface area contributed by atoms with Crippen LogP contribution in [0.4, 0.5) is 16.2 Å². The van der Waals surface area contributed by atoms with E-state index in [-0.39, 0.29) is 17.9 Å². The average Bonchev–Trinajstić information content (AvgIpc) is 3.50. The highest BCUT2D eigenvalue weighted by Crippen LogP contribution is 2.29. The molecule has 164 valence electrons. The number of nitrogens with zero attached hydrogens (tertiary/aromatic N) is 5. The number of benzene rings is 1. The van der Waals surface area contributed by atoms with Crippen molar-refractivity contribution in [1.82, 2.24) is 20.0 Å². The first-order valence-electron chi connectivity index (χ1n) is 10.9. The Labute approximate surface area is 185 Å². The van der Waals surface area contributed by atoms with Crippen molar-refractivity contribution in [2.75, 3.05) is 29.9 Å². The number of pyridine rings is 1. The van der Waals surface area contributed by atoms with Crippen LogP contribution in [0.5, 0.6) is 0 Å². The molecule has 0 saturated carbocycles. The predicted molar refractivity (Wildman–Crippen MR) is 118 cm³/mol. The van der Waals surface area contributed by atoms with Crippen molar-refractivity contribution in [3.8, 4) is 11.5 Å². The van der Waals surface area contributed by atoms with E-state index in [1.165, 1.54) is 0 Å². The Kier molecular flexibility index (Phi) is 5.53. The third-order valence-corrected chi connectivity index (χ3v) is 5.97. The number of piperidine rings is 1. The Hall–Kier alpha value is -3.75. The number of hydrogen-bond acceptors (Lipinski definition) is 6. The van der Waals surface area contributed by atoms with E-state index in [1.54, 1.807) is 16.0 Å². The number of nitrogens with one attached hydrogen (secondary N) is 1. The van der Waals surface area contributed by atoms with Crippen molar-refractivity contribution < 1.29 is 14.1 Å². The van der Waals surface area contributed by atoms with Crippen LogP contribution in [0.15, 0.2) is 53.2 Å². The van der Waals surface area contributed by atoms with E-state index in [0.29, 0.717) is 42.6 Å². The van der Waals surface area contributed by atoms with E-state index in [2.05, 4.69) is 20.4 Å². The molecule has 1 N–H and O–H groups in total. The zero-order valence-corrected chi connectivity index (χ0v) is 17.6. The highest BCUT2D eigenvalue weighted by atomic mass is 16.5. The van der Waals surface area contributed by atoms with Crippen molar-refractivity contribution >= 4 is 23.3 Å². The molecule has 9 nitrogen and oxygen atoms in total. The first-order chi connectivity index (χ1) is 15.7. The molecule has 3 aromatic rings. The van der Waals surface area contributed by atoms with Gasteiger partial charge in [-0.15, -0.1) is 0 Å². The van der Waals surface area contributed by atoms with E-state index < -0.39 is 0 Å². The fourth-order valence-electron chi connectivity index (χ4n) is 4.18. The van der Waals surface area contributed by atoms with Crippen molar-refractivity contribution in [2.45, 2.75) is 31.6 Å². The summed E-state index contributed by atoms with van der Waals surface area (Å²) in [6.45, 7) is 1.97. The van der Waals surface area contributed by atoms with Crippen molar-refractivity contribution in [3.63, 3.8) is 0 Å². The third kappa shape index (κ3) is 4.18. The second-order valence-electron chi connectivity index (χ2n) is 8.06. The fraction of sp³-hybridized carbons (Fsp3) is 0.348. The molecule has 3 amide bonds. The summed E-state index contributed by atoms with van der Waals surface area (Å²) in [5, 5.41) is 6.99. The summed E-state index contributed by atoms with van der Waals surface area (Å²) in [6.07, 6.45) is 4.70. The summed E-state index contributed by atoms with van der Waals surface area (Å²) in [6, 6.07) is 12.9. The average molecular weight is 432 g/mol. The molecule has 2 aromatic heterocycles.